The number of likely N-dealkylation sites (N-methyl/N-ethyl adjacent to an activating group) is 1. The number of aryl methyl sites for hydroxylation is 2. The molecule has 2 heterocycles. The molecule has 0 bridgehead atoms. The number of nitrogens with one attached hydrogen (secondary N) is 1. The number of pyridine rings is 1. The number of aromatic nitrogens is 3. The maximum atomic E-state index is 11.4. The van der Waals surface area contributed by atoms with Crippen LogP contribution >= 0.6 is 0 Å². The summed E-state index contributed by atoms with van der Waals surface area (Å²) in [6, 6.07) is 0. The fourth-order valence-electron chi connectivity index (χ4n) is 2.16. The maximum absolute atomic E-state index is 11.4. The zero-order valence-corrected chi connectivity index (χ0v) is 12.1. The molecule has 2 aromatic heterocycles. The van der Waals surface area contributed by atoms with Crippen LogP contribution in [0.2, 0.25) is 0 Å². The van der Waals surface area contributed by atoms with Gasteiger partial charge in [0.2, 0.25) is 0 Å². The van der Waals surface area contributed by atoms with Crippen molar-refractivity contribution in [2.45, 2.75) is 6.92 Å². The van der Waals surface area contributed by atoms with E-state index in [1.807, 2.05) is 25.9 Å². The summed E-state index contributed by atoms with van der Waals surface area (Å²) < 4.78 is 1.66. The summed E-state index contributed by atoms with van der Waals surface area (Å²) >= 11 is 0. The zero-order valence-electron chi connectivity index (χ0n) is 12.1. The van der Waals surface area contributed by atoms with E-state index in [4.69, 9.17) is 0 Å². The number of anilines is 1. The van der Waals surface area contributed by atoms with Crippen LogP contribution in [0.4, 0.5) is 5.69 Å². The molecule has 0 saturated carbocycles. The lowest BCUT2D eigenvalue weighted by molar-refractivity contribution is 0.0697. The number of nitrogens with zero attached hydrogens (tertiary/aromatic N) is 4. The number of aromatic carboxylic acids is 1. The van der Waals surface area contributed by atoms with Gasteiger partial charge < -0.3 is 15.3 Å². The first-order chi connectivity index (χ1) is 9.41. The summed E-state index contributed by atoms with van der Waals surface area (Å²) in [6.45, 7) is 3.32. The van der Waals surface area contributed by atoms with E-state index >= 15 is 0 Å². The van der Waals surface area contributed by atoms with E-state index < -0.39 is 5.97 Å². The standard InChI is InChI=1S/C13H19N5O2/c1-8-10-11(14-5-6-17(2)3)9(13(19)20)7-15-12(10)18(4)16-8/h7H,5-6H2,1-4H3,(H,14,15)(H,19,20). The Bertz CT molecular complexity index is 648. The Kier molecular flexibility index (Phi) is 3.89. The van der Waals surface area contributed by atoms with Gasteiger partial charge in [-0.2, -0.15) is 5.10 Å². The molecule has 0 spiro atoms. The van der Waals surface area contributed by atoms with E-state index in [9.17, 15) is 9.90 Å². The topological polar surface area (TPSA) is 83.3 Å². The first-order valence-electron chi connectivity index (χ1n) is 6.36. The fourth-order valence-corrected chi connectivity index (χ4v) is 2.16. The number of hydrogen-bond acceptors (Lipinski definition) is 5. The van der Waals surface area contributed by atoms with E-state index in [0.717, 1.165) is 17.6 Å². The third-order valence-corrected chi connectivity index (χ3v) is 3.12. The highest BCUT2D eigenvalue weighted by Crippen LogP contribution is 2.28. The molecule has 2 aromatic rings. The molecule has 0 radical (unpaired) electrons. The minimum atomic E-state index is -0.991. The summed E-state index contributed by atoms with van der Waals surface area (Å²) in [4.78, 5) is 17.6. The second-order valence-corrected chi connectivity index (χ2v) is 4.99. The molecule has 2 rings (SSSR count). The molecule has 0 unspecified atom stereocenters. The molecule has 0 aliphatic rings. The summed E-state index contributed by atoms with van der Waals surface area (Å²) in [5.74, 6) is -0.991. The average molecular weight is 277 g/mol. The Hall–Kier alpha value is -2.15. The normalized spacial score (nSPS) is 11.2. The van der Waals surface area contributed by atoms with Gasteiger partial charge in [-0.3, -0.25) is 4.68 Å². The monoisotopic (exact) mass is 277 g/mol. The predicted molar refractivity (Wildman–Crippen MR) is 77.2 cm³/mol. The molecule has 20 heavy (non-hydrogen) atoms. The van der Waals surface area contributed by atoms with Gasteiger partial charge in [0.15, 0.2) is 5.65 Å². The Morgan fingerprint density at radius 3 is 2.80 bits per heavy atom. The lowest BCUT2D eigenvalue weighted by Gasteiger charge is -2.14. The Labute approximate surface area is 117 Å². The molecular formula is C13H19N5O2. The molecule has 0 aliphatic heterocycles. The van der Waals surface area contributed by atoms with Crippen molar-refractivity contribution in [1.29, 1.82) is 0 Å². The van der Waals surface area contributed by atoms with E-state index in [1.165, 1.54) is 6.20 Å². The van der Waals surface area contributed by atoms with Crippen LogP contribution in [-0.4, -0.2) is 57.9 Å². The quantitative estimate of drug-likeness (QED) is 0.846. The van der Waals surface area contributed by atoms with Crippen molar-refractivity contribution in [3.05, 3.63) is 17.5 Å². The third-order valence-electron chi connectivity index (χ3n) is 3.12. The summed E-state index contributed by atoms with van der Waals surface area (Å²) in [6.07, 6.45) is 1.38. The van der Waals surface area contributed by atoms with Gasteiger partial charge in [0.05, 0.1) is 16.8 Å². The van der Waals surface area contributed by atoms with Crippen molar-refractivity contribution in [2.24, 2.45) is 7.05 Å². The maximum Gasteiger partial charge on any atom is 0.339 e. The summed E-state index contributed by atoms with van der Waals surface area (Å²) in [5, 5.41) is 17.6. The van der Waals surface area contributed by atoms with Crippen LogP contribution in [0, 0.1) is 6.92 Å². The number of carboxylic acids is 1. The van der Waals surface area contributed by atoms with Gasteiger partial charge in [-0.1, -0.05) is 0 Å². The molecule has 108 valence electrons. The van der Waals surface area contributed by atoms with Gasteiger partial charge in [0.1, 0.15) is 5.56 Å². The highest BCUT2D eigenvalue weighted by Gasteiger charge is 2.18. The number of carboxylic acid groups (broad SMARTS) is 1. The molecule has 0 amide bonds. The Morgan fingerprint density at radius 2 is 2.20 bits per heavy atom. The number of carbonyl (C=O) groups is 1. The number of rotatable bonds is 5. The van der Waals surface area contributed by atoms with E-state index in [0.29, 0.717) is 17.9 Å². The molecule has 7 nitrogen and oxygen atoms in total. The van der Waals surface area contributed by atoms with Crippen LogP contribution in [0.5, 0.6) is 0 Å². The second-order valence-electron chi connectivity index (χ2n) is 4.99. The van der Waals surface area contributed by atoms with Crippen LogP contribution in [0.25, 0.3) is 11.0 Å². The average Bonchev–Trinajstić information content (AvgIpc) is 2.64. The Balaban J connectivity index is 2.51. The molecule has 0 atom stereocenters. The molecule has 0 fully saturated rings. The van der Waals surface area contributed by atoms with Crippen molar-refractivity contribution in [2.75, 3.05) is 32.5 Å². The molecule has 7 heteroatoms. The first kappa shape index (κ1) is 14.3. The van der Waals surface area contributed by atoms with E-state index in [-0.39, 0.29) is 5.56 Å². The van der Waals surface area contributed by atoms with Gasteiger partial charge >= 0.3 is 5.97 Å². The van der Waals surface area contributed by atoms with Crippen LogP contribution in [0.15, 0.2) is 6.20 Å². The van der Waals surface area contributed by atoms with Gasteiger partial charge in [-0.15, -0.1) is 0 Å². The van der Waals surface area contributed by atoms with Crippen molar-refractivity contribution in [3.63, 3.8) is 0 Å². The largest absolute Gasteiger partial charge is 0.478 e. The lowest BCUT2D eigenvalue weighted by Crippen LogP contribution is -2.21. The van der Waals surface area contributed by atoms with E-state index in [2.05, 4.69) is 15.4 Å². The predicted octanol–water partition coefficient (Wildman–Crippen LogP) is 0.948. The summed E-state index contributed by atoms with van der Waals surface area (Å²) in [5.41, 5.74) is 2.22. The fraction of sp³-hybridized carbons (Fsp3) is 0.462. The van der Waals surface area contributed by atoms with Crippen molar-refractivity contribution >= 4 is 22.7 Å². The molecule has 0 aromatic carbocycles. The SMILES string of the molecule is Cc1nn(C)c2ncc(C(=O)O)c(NCCN(C)C)c12. The van der Waals surface area contributed by atoms with Crippen LogP contribution < -0.4 is 5.32 Å². The molecular weight excluding hydrogens is 258 g/mol. The second kappa shape index (κ2) is 5.46. The first-order valence-corrected chi connectivity index (χ1v) is 6.36. The van der Waals surface area contributed by atoms with Crippen LogP contribution in [-0.2, 0) is 7.05 Å². The molecule has 0 aliphatic carbocycles. The lowest BCUT2D eigenvalue weighted by atomic mass is 10.1. The smallest absolute Gasteiger partial charge is 0.339 e. The minimum Gasteiger partial charge on any atom is -0.478 e. The van der Waals surface area contributed by atoms with Crippen LogP contribution in [0.3, 0.4) is 0 Å². The number of fused-ring (bicyclic) bond motifs is 1. The molecule has 2 N–H and O–H groups in total. The molecule has 0 saturated heterocycles. The minimum absolute atomic E-state index is 0.173. The van der Waals surface area contributed by atoms with Crippen molar-refractivity contribution < 1.29 is 9.90 Å². The third kappa shape index (κ3) is 2.57. The number of hydrogen-bond donors (Lipinski definition) is 2. The van der Waals surface area contributed by atoms with Gasteiger partial charge in [-0.25, -0.2) is 9.78 Å². The highest BCUT2D eigenvalue weighted by molar-refractivity contribution is 6.04. The van der Waals surface area contributed by atoms with Crippen molar-refractivity contribution in [1.82, 2.24) is 19.7 Å². The van der Waals surface area contributed by atoms with Gasteiger partial charge in [-0.05, 0) is 21.0 Å². The summed E-state index contributed by atoms with van der Waals surface area (Å²) in [7, 11) is 5.74. The zero-order chi connectivity index (χ0) is 14.9. The Morgan fingerprint density at radius 1 is 1.50 bits per heavy atom. The van der Waals surface area contributed by atoms with Gasteiger partial charge in [0, 0.05) is 26.3 Å². The van der Waals surface area contributed by atoms with E-state index in [1.54, 1.807) is 11.7 Å². The van der Waals surface area contributed by atoms with Crippen molar-refractivity contribution in [3.8, 4) is 0 Å². The highest BCUT2D eigenvalue weighted by atomic mass is 16.4. The van der Waals surface area contributed by atoms with Crippen LogP contribution in [0.1, 0.15) is 16.1 Å². The van der Waals surface area contributed by atoms with Gasteiger partial charge in [0.25, 0.3) is 0 Å².